The predicted molar refractivity (Wildman–Crippen MR) is 73.5 cm³/mol. The van der Waals surface area contributed by atoms with E-state index in [-0.39, 0.29) is 23.4 Å². The second kappa shape index (κ2) is 4.52. The molecule has 0 radical (unpaired) electrons. The van der Waals surface area contributed by atoms with Crippen molar-refractivity contribution in [1.82, 2.24) is 9.88 Å². The molecule has 2 heterocycles. The largest absolute Gasteiger partial charge is 0.494 e. The summed E-state index contributed by atoms with van der Waals surface area (Å²) >= 11 is 0. The number of rotatable bonds is 2. The van der Waals surface area contributed by atoms with E-state index in [1.54, 1.807) is 4.90 Å². The number of aromatic nitrogens is 1. The Balaban J connectivity index is 1.99. The molecule has 1 atom stereocenters. The molecule has 2 N–H and O–H groups in total. The van der Waals surface area contributed by atoms with E-state index in [9.17, 15) is 14.7 Å². The lowest BCUT2D eigenvalue weighted by Gasteiger charge is -2.22. The van der Waals surface area contributed by atoms with Crippen molar-refractivity contribution in [2.45, 2.75) is 19.5 Å². The molecular weight excluding hydrogens is 256 g/mol. The molecule has 20 heavy (non-hydrogen) atoms. The van der Waals surface area contributed by atoms with Crippen LogP contribution in [-0.2, 0) is 6.54 Å². The second-order valence-corrected chi connectivity index (χ2v) is 4.90. The zero-order chi connectivity index (χ0) is 14.3. The highest BCUT2D eigenvalue weighted by Gasteiger charge is 2.36. The topological polar surface area (TPSA) is 73.4 Å². The van der Waals surface area contributed by atoms with E-state index in [4.69, 9.17) is 0 Å². The van der Waals surface area contributed by atoms with Gasteiger partial charge in [0.2, 0.25) is 0 Å². The van der Waals surface area contributed by atoms with Crippen LogP contribution in [0.15, 0.2) is 41.2 Å². The maximum Gasteiger partial charge on any atom is 0.255 e. The highest BCUT2D eigenvalue weighted by molar-refractivity contribution is 5.99. The quantitative estimate of drug-likeness (QED) is 0.873. The van der Waals surface area contributed by atoms with Crippen LogP contribution in [0.1, 0.15) is 34.5 Å². The molecule has 0 aliphatic carbocycles. The number of pyridine rings is 1. The lowest BCUT2D eigenvalue weighted by Crippen LogP contribution is -2.26. The minimum absolute atomic E-state index is 0.219. The van der Waals surface area contributed by atoms with Crippen molar-refractivity contribution in [1.29, 1.82) is 0 Å². The van der Waals surface area contributed by atoms with E-state index in [0.717, 1.165) is 5.56 Å². The van der Waals surface area contributed by atoms with Gasteiger partial charge in [0, 0.05) is 18.2 Å². The number of H-pyrrole nitrogens is 1. The van der Waals surface area contributed by atoms with E-state index in [1.165, 1.54) is 6.07 Å². The van der Waals surface area contributed by atoms with Crippen LogP contribution in [0.25, 0.3) is 0 Å². The van der Waals surface area contributed by atoms with E-state index in [0.29, 0.717) is 12.1 Å². The lowest BCUT2D eigenvalue weighted by molar-refractivity contribution is 0.0722. The van der Waals surface area contributed by atoms with Crippen molar-refractivity contribution in [3.05, 3.63) is 63.4 Å². The van der Waals surface area contributed by atoms with Crippen LogP contribution in [0.3, 0.4) is 0 Å². The van der Waals surface area contributed by atoms with Gasteiger partial charge in [0.15, 0.2) is 5.88 Å². The van der Waals surface area contributed by atoms with Crippen molar-refractivity contribution in [3.63, 3.8) is 0 Å². The van der Waals surface area contributed by atoms with Gasteiger partial charge in [0.25, 0.3) is 11.5 Å². The number of carbonyl (C=O) groups is 1. The number of fused-ring (bicyclic) bond motifs is 1. The molecule has 0 fully saturated rings. The highest BCUT2D eigenvalue weighted by atomic mass is 16.3. The number of nitrogens with one attached hydrogen (secondary N) is 1. The Morgan fingerprint density at radius 2 is 1.95 bits per heavy atom. The lowest BCUT2D eigenvalue weighted by atomic mass is 10.1. The number of hydrogen-bond donors (Lipinski definition) is 2. The number of nitrogens with zero attached hydrogens (tertiary/aromatic N) is 1. The van der Waals surface area contributed by atoms with Gasteiger partial charge in [-0.2, -0.15) is 0 Å². The fourth-order valence-electron chi connectivity index (χ4n) is 2.63. The number of aromatic hydroxyl groups is 1. The Hall–Kier alpha value is -2.56. The van der Waals surface area contributed by atoms with Gasteiger partial charge in [0.1, 0.15) is 0 Å². The third-order valence-electron chi connectivity index (χ3n) is 3.63. The average Bonchev–Trinajstić information content (AvgIpc) is 2.65. The first-order valence-electron chi connectivity index (χ1n) is 6.39. The fourth-order valence-corrected chi connectivity index (χ4v) is 2.63. The molecule has 1 aromatic carbocycles. The summed E-state index contributed by atoms with van der Waals surface area (Å²) in [6, 6.07) is 10.6. The maximum absolute atomic E-state index is 12.4. The molecule has 1 aromatic heterocycles. The van der Waals surface area contributed by atoms with Crippen LogP contribution in [0, 0.1) is 0 Å². The Morgan fingerprint density at radius 1 is 1.25 bits per heavy atom. The van der Waals surface area contributed by atoms with Gasteiger partial charge in [-0.1, -0.05) is 30.3 Å². The molecule has 1 aliphatic heterocycles. The molecule has 1 amide bonds. The van der Waals surface area contributed by atoms with E-state index in [1.807, 2.05) is 37.3 Å². The van der Waals surface area contributed by atoms with Gasteiger partial charge in [-0.15, -0.1) is 0 Å². The highest BCUT2D eigenvalue weighted by Crippen LogP contribution is 2.37. The molecule has 3 rings (SSSR count). The van der Waals surface area contributed by atoms with Crippen molar-refractivity contribution in [2.24, 2.45) is 0 Å². The average molecular weight is 270 g/mol. The molecule has 1 aliphatic rings. The molecule has 0 unspecified atom stereocenters. The van der Waals surface area contributed by atoms with E-state index in [2.05, 4.69) is 4.98 Å². The predicted octanol–water partition coefficient (Wildman–Crippen LogP) is 1.80. The molecule has 0 spiro atoms. The molecule has 0 saturated carbocycles. The summed E-state index contributed by atoms with van der Waals surface area (Å²) in [7, 11) is 0. The summed E-state index contributed by atoms with van der Waals surface area (Å²) < 4.78 is 0. The summed E-state index contributed by atoms with van der Waals surface area (Å²) in [5.74, 6) is -0.443. The SMILES string of the molecule is C[C@H]1c2c(cc(=O)[nH]c2O)C(=O)N1Cc1ccccc1. The van der Waals surface area contributed by atoms with E-state index < -0.39 is 5.56 Å². The molecule has 0 saturated heterocycles. The van der Waals surface area contributed by atoms with Gasteiger partial charge >= 0.3 is 0 Å². The summed E-state index contributed by atoms with van der Waals surface area (Å²) in [4.78, 5) is 27.7. The van der Waals surface area contributed by atoms with Crippen LogP contribution in [0.2, 0.25) is 0 Å². The first kappa shape index (κ1) is 12.5. The molecule has 5 nitrogen and oxygen atoms in total. The summed E-state index contributed by atoms with van der Waals surface area (Å²) in [6.07, 6.45) is 0. The van der Waals surface area contributed by atoms with Crippen molar-refractivity contribution in [2.75, 3.05) is 0 Å². The zero-order valence-corrected chi connectivity index (χ0v) is 11.0. The van der Waals surface area contributed by atoms with Gasteiger partial charge in [-0.3, -0.25) is 14.6 Å². The number of aromatic amines is 1. The van der Waals surface area contributed by atoms with Crippen LogP contribution < -0.4 is 5.56 Å². The monoisotopic (exact) mass is 270 g/mol. The van der Waals surface area contributed by atoms with Gasteiger partial charge < -0.3 is 10.0 Å². The Morgan fingerprint density at radius 3 is 2.65 bits per heavy atom. The summed E-state index contributed by atoms with van der Waals surface area (Å²) in [5.41, 5.74) is 1.31. The normalized spacial score (nSPS) is 17.4. The molecule has 0 bridgehead atoms. The number of benzene rings is 1. The third kappa shape index (κ3) is 1.87. The van der Waals surface area contributed by atoms with Crippen LogP contribution in [-0.4, -0.2) is 20.9 Å². The van der Waals surface area contributed by atoms with E-state index >= 15 is 0 Å². The van der Waals surface area contributed by atoms with Crippen LogP contribution in [0.4, 0.5) is 0 Å². The minimum Gasteiger partial charge on any atom is -0.494 e. The Kier molecular flexibility index (Phi) is 2.82. The first-order valence-corrected chi connectivity index (χ1v) is 6.39. The maximum atomic E-state index is 12.4. The molecule has 102 valence electrons. The van der Waals surface area contributed by atoms with Crippen LogP contribution >= 0.6 is 0 Å². The number of hydrogen-bond acceptors (Lipinski definition) is 3. The summed E-state index contributed by atoms with van der Waals surface area (Å²) in [5, 5.41) is 9.85. The van der Waals surface area contributed by atoms with Crippen LogP contribution in [0.5, 0.6) is 5.88 Å². The molecule has 2 aromatic rings. The first-order chi connectivity index (χ1) is 9.58. The fraction of sp³-hybridized carbons (Fsp3) is 0.200. The second-order valence-electron chi connectivity index (χ2n) is 4.90. The molecule has 5 heteroatoms. The number of carbonyl (C=O) groups excluding carboxylic acids is 1. The zero-order valence-electron chi connectivity index (χ0n) is 11.0. The minimum atomic E-state index is -0.469. The van der Waals surface area contributed by atoms with Gasteiger partial charge in [-0.05, 0) is 12.5 Å². The molecular formula is C15H14N2O3. The van der Waals surface area contributed by atoms with Crippen molar-refractivity contribution >= 4 is 5.91 Å². The Bertz CT molecular complexity index is 722. The van der Waals surface area contributed by atoms with Crippen molar-refractivity contribution in [3.8, 4) is 5.88 Å². The van der Waals surface area contributed by atoms with Crippen molar-refractivity contribution < 1.29 is 9.90 Å². The van der Waals surface area contributed by atoms with Gasteiger partial charge in [-0.25, -0.2) is 0 Å². The summed E-state index contributed by atoms with van der Waals surface area (Å²) in [6.45, 7) is 2.29. The smallest absolute Gasteiger partial charge is 0.255 e. The van der Waals surface area contributed by atoms with Gasteiger partial charge in [0.05, 0.1) is 11.6 Å². The number of amides is 1. The Labute approximate surface area is 115 Å². The third-order valence-corrected chi connectivity index (χ3v) is 3.63. The standard InChI is InChI=1S/C15H14N2O3/c1-9-13-11(7-12(18)16-14(13)19)15(20)17(9)8-10-5-3-2-4-6-10/h2-7,9H,8H2,1H3,(H2,16,18,19)/t9-/m0/s1.